The normalized spacial score (nSPS) is 23.6. The molecule has 1 aliphatic heterocycles. The summed E-state index contributed by atoms with van der Waals surface area (Å²) in [6, 6.07) is 7.23. The number of nitrogens with one attached hydrogen (secondary N) is 1. The van der Waals surface area contributed by atoms with Crippen molar-refractivity contribution in [3.63, 3.8) is 0 Å². The van der Waals surface area contributed by atoms with Gasteiger partial charge in [-0.05, 0) is 23.1 Å². The summed E-state index contributed by atoms with van der Waals surface area (Å²) in [5, 5.41) is 32.3. The number of aliphatic hydroxyl groups excluding tert-OH is 3. The first-order valence-electron chi connectivity index (χ1n) is 10.1. The van der Waals surface area contributed by atoms with E-state index in [1.54, 1.807) is 12.1 Å². The molecule has 2 aromatic heterocycles. The third-order valence-electron chi connectivity index (χ3n) is 5.48. The van der Waals surface area contributed by atoms with Crippen LogP contribution >= 0.6 is 0 Å². The molecule has 4 rings (SSSR count). The van der Waals surface area contributed by atoms with Gasteiger partial charge in [-0.15, -0.1) is 0 Å². The molecule has 0 spiro atoms. The van der Waals surface area contributed by atoms with Crippen LogP contribution in [0.25, 0.3) is 11.2 Å². The quantitative estimate of drug-likeness (QED) is 0.388. The first-order chi connectivity index (χ1) is 15.1. The average molecular weight is 442 g/mol. The van der Waals surface area contributed by atoms with Crippen LogP contribution in [0.4, 0.5) is 11.8 Å². The monoisotopic (exact) mass is 442 g/mol. The first kappa shape index (κ1) is 22.1. The van der Waals surface area contributed by atoms with Gasteiger partial charge in [0.15, 0.2) is 17.7 Å². The molecule has 0 radical (unpaired) electrons. The fraction of sp³-hybridized carbons (Fsp3) is 0.429. The van der Waals surface area contributed by atoms with E-state index in [4.69, 9.17) is 10.5 Å². The van der Waals surface area contributed by atoms with Gasteiger partial charge in [-0.25, -0.2) is 4.98 Å². The summed E-state index contributed by atoms with van der Waals surface area (Å²) in [5.41, 5.74) is 7.93. The lowest BCUT2D eigenvalue weighted by atomic mass is 9.87. The number of carbonyl (C=O) groups excluding carboxylic acids is 1. The number of aliphatic hydroxyl groups is 3. The number of amides is 1. The van der Waals surface area contributed by atoms with Crippen LogP contribution in [0.5, 0.6) is 0 Å². The zero-order valence-corrected chi connectivity index (χ0v) is 17.9. The summed E-state index contributed by atoms with van der Waals surface area (Å²) in [6.07, 6.45) is -3.26. The largest absolute Gasteiger partial charge is 0.394 e. The van der Waals surface area contributed by atoms with Crippen LogP contribution in [-0.2, 0) is 10.2 Å². The van der Waals surface area contributed by atoms with Crippen molar-refractivity contribution in [2.75, 3.05) is 17.7 Å². The summed E-state index contributed by atoms with van der Waals surface area (Å²) in [7, 11) is 0. The maximum absolute atomic E-state index is 12.7. The molecule has 0 saturated carbocycles. The number of aromatic nitrogens is 4. The van der Waals surface area contributed by atoms with Crippen molar-refractivity contribution in [3.05, 3.63) is 41.7 Å². The predicted molar refractivity (Wildman–Crippen MR) is 116 cm³/mol. The second-order valence-corrected chi connectivity index (χ2v) is 8.77. The number of benzene rings is 1. The molecule has 1 fully saturated rings. The van der Waals surface area contributed by atoms with E-state index in [1.807, 2.05) is 12.1 Å². The maximum atomic E-state index is 12.7. The fourth-order valence-corrected chi connectivity index (χ4v) is 3.59. The van der Waals surface area contributed by atoms with Crippen LogP contribution in [0, 0.1) is 0 Å². The molecule has 11 nitrogen and oxygen atoms in total. The Kier molecular flexibility index (Phi) is 5.59. The van der Waals surface area contributed by atoms with Crippen molar-refractivity contribution in [2.24, 2.45) is 0 Å². The van der Waals surface area contributed by atoms with Gasteiger partial charge >= 0.3 is 0 Å². The van der Waals surface area contributed by atoms with Crippen LogP contribution in [0.15, 0.2) is 30.6 Å². The van der Waals surface area contributed by atoms with Crippen molar-refractivity contribution in [1.82, 2.24) is 19.5 Å². The average Bonchev–Trinajstić information content (AvgIpc) is 3.29. The maximum Gasteiger partial charge on any atom is 0.258 e. The molecule has 1 aliphatic rings. The lowest BCUT2D eigenvalue weighted by molar-refractivity contribution is -0.0511. The molecule has 6 N–H and O–H groups in total. The van der Waals surface area contributed by atoms with Crippen molar-refractivity contribution in [3.8, 4) is 0 Å². The Morgan fingerprint density at radius 3 is 2.47 bits per heavy atom. The minimum Gasteiger partial charge on any atom is -0.394 e. The van der Waals surface area contributed by atoms with E-state index in [0.29, 0.717) is 5.56 Å². The lowest BCUT2D eigenvalue weighted by Crippen LogP contribution is -2.33. The number of carbonyl (C=O) groups is 1. The molecular weight excluding hydrogens is 416 g/mol. The van der Waals surface area contributed by atoms with E-state index in [1.165, 1.54) is 10.9 Å². The van der Waals surface area contributed by atoms with Crippen LogP contribution in [0.3, 0.4) is 0 Å². The van der Waals surface area contributed by atoms with Gasteiger partial charge in [0.2, 0.25) is 5.95 Å². The Morgan fingerprint density at radius 1 is 1.19 bits per heavy atom. The Balaban J connectivity index is 1.62. The Hall–Kier alpha value is -3.12. The first-order valence-corrected chi connectivity index (χ1v) is 10.1. The van der Waals surface area contributed by atoms with E-state index < -0.39 is 37.1 Å². The third-order valence-corrected chi connectivity index (χ3v) is 5.48. The van der Waals surface area contributed by atoms with Crippen LogP contribution in [-0.4, -0.2) is 65.7 Å². The summed E-state index contributed by atoms with van der Waals surface area (Å²) in [5.74, 6) is -0.435. The van der Waals surface area contributed by atoms with Gasteiger partial charge in [0, 0.05) is 5.56 Å². The van der Waals surface area contributed by atoms with Gasteiger partial charge in [-0.2, -0.15) is 9.97 Å². The second kappa shape index (κ2) is 8.10. The molecule has 0 aliphatic carbocycles. The van der Waals surface area contributed by atoms with Gasteiger partial charge in [-0.1, -0.05) is 32.9 Å². The van der Waals surface area contributed by atoms with Crippen molar-refractivity contribution in [2.45, 2.75) is 50.7 Å². The Bertz CT molecular complexity index is 1140. The predicted octanol–water partition coefficient (Wildman–Crippen LogP) is 0.570. The Labute approximate surface area is 183 Å². The van der Waals surface area contributed by atoms with E-state index >= 15 is 0 Å². The summed E-state index contributed by atoms with van der Waals surface area (Å²) in [6.45, 7) is 5.80. The second-order valence-electron chi connectivity index (χ2n) is 8.77. The molecule has 11 heteroatoms. The van der Waals surface area contributed by atoms with Crippen LogP contribution < -0.4 is 11.1 Å². The highest BCUT2D eigenvalue weighted by molar-refractivity contribution is 6.03. The van der Waals surface area contributed by atoms with E-state index in [0.717, 1.165) is 5.56 Å². The van der Waals surface area contributed by atoms with E-state index in [-0.39, 0.29) is 28.3 Å². The molecule has 1 amide bonds. The molecule has 3 heterocycles. The van der Waals surface area contributed by atoms with E-state index in [9.17, 15) is 20.1 Å². The summed E-state index contributed by atoms with van der Waals surface area (Å²) in [4.78, 5) is 25.3. The summed E-state index contributed by atoms with van der Waals surface area (Å²) < 4.78 is 6.92. The molecule has 0 bridgehead atoms. The van der Waals surface area contributed by atoms with Crippen molar-refractivity contribution in [1.29, 1.82) is 0 Å². The Morgan fingerprint density at radius 2 is 1.88 bits per heavy atom. The van der Waals surface area contributed by atoms with Crippen molar-refractivity contribution >= 4 is 28.8 Å². The fourth-order valence-electron chi connectivity index (χ4n) is 3.59. The van der Waals surface area contributed by atoms with Gasteiger partial charge in [0.25, 0.3) is 5.91 Å². The number of nitrogens with two attached hydrogens (primary N) is 1. The van der Waals surface area contributed by atoms with Gasteiger partial charge in [-0.3, -0.25) is 14.7 Å². The SMILES string of the molecule is CC(C)(C)c1ccc(C(=O)Nc2nc(N)c3ncn([C@@H]4O[C@H](CO)[C@@H](O)[C@H]4O)c3n2)cc1. The molecular formula is C21H26N6O5. The molecule has 0 unspecified atom stereocenters. The molecule has 1 saturated heterocycles. The molecule has 3 aromatic rings. The number of fused-ring (bicyclic) bond motifs is 1. The number of nitrogens with zero attached hydrogens (tertiary/aromatic N) is 4. The van der Waals surface area contributed by atoms with Gasteiger partial charge in [0.1, 0.15) is 23.8 Å². The van der Waals surface area contributed by atoms with Crippen LogP contribution in [0.1, 0.15) is 42.9 Å². The van der Waals surface area contributed by atoms with Gasteiger partial charge < -0.3 is 25.8 Å². The topological polar surface area (TPSA) is 169 Å². The number of nitrogen functional groups attached to an aromatic ring is 1. The van der Waals surface area contributed by atoms with Crippen LogP contribution in [0.2, 0.25) is 0 Å². The molecule has 170 valence electrons. The highest BCUT2D eigenvalue weighted by Crippen LogP contribution is 2.32. The highest BCUT2D eigenvalue weighted by Gasteiger charge is 2.44. The lowest BCUT2D eigenvalue weighted by Gasteiger charge is -2.19. The van der Waals surface area contributed by atoms with Crippen molar-refractivity contribution < 1.29 is 24.9 Å². The molecule has 32 heavy (non-hydrogen) atoms. The van der Waals surface area contributed by atoms with Gasteiger partial charge in [0.05, 0.1) is 12.9 Å². The zero-order chi connectivity index (χ0) is 23.2. The number of hydrogen-bond acceptors (Lipinski definition) is 9. The number of imidazole rings is 1. The minimum atomic E-state index is -1.32. The number of hydrogen-bond donors (Lipinski definition) is 5. The summed E-state index contributed by atoms with van der Waals surface area (Å²) >= 11 is 0. The molecule has 1 aromatic carbocycles. The molecule has 4 atom stereocenters. The van der Waals surface area contributed by atoms with E-state index in [2.05, 4.69) is 41.0 Å². The highest BCUT2D eigenvalue weighted by atomic mass is 16.6. The minimum absolute atomic E-state index is 0.0267. The number of ether oxygens (including phenoxy) is 1. The zero-order valence-electron chi connectivity index (χ0n) is 17.9. The standard InChI is InChI=1S/C21H26N6O5/c1-21(2,3)11-6-4-10(5-7-11)18(31)26-20-24-16(22)13-17(25-20)27(9-23-13)19-15(30)14(29)12(8-28)32-19/h4-7,9,12,14-15,19,28-30H,8H2,1-3H3,(H3,22,24,25,26,31)/t12-,14-,15-,19-/m1/s1. The number of anilines is 2. The third kappa shape index (κ3) is 3.91. The smallest absolute Gasteiger partial charge is 0.258 e. The number of rotatable bonds is 4.